The van der Waals surface area contributed by atoms with E-state index in [1.165, 1.54) is 33.0 Å². The first-order chi connectivity index (χ1) is 17.4. The quantitative estimate of drug-likeness (QED) is 0.427. The van der Waals surface area contributed by atoms with E-state index < -0.39 is 35.0 Å². The van der Waals surface area contributed by atoms with Crippen LogP contribution in [0, 0.1) is 0 Å². The first-order valence-corrected chi connectivity index (χ1v) is 12.3. The van der Waals surface area contributed by atoms with E-state index in [1.54, 1.807) is 27.0 Å². The third kappa shape index (κ3) is 6.61. The number of carbonyl (C=O) groups excluding carboxylic acids is 1. The molecule has 1 aliphatic rings. The highest BCUT2D eigenvalue weighted by atomic mass is 19.4. The highest BCUT2D eigenvalue weighted by molar-refractivity contribution is 5.71. The second-order valence-electron chi connectivity index (χ2n) is 10.2. The Labute approximate surface area is 213 Å². The standard InChI is InChI=1S/C27H31F3N4O3/c1-26(2,3)37-23(35)17-22(19-6-4-7-20(16-19)27(28,29)30)34-15-14-33(25(34)36)13-5-8-21-10-9-18-11-12-31-24(18)32-21/h4,6-7,9-10,14-16,22H,5,8,11-13,17H2,1-3H3,(H,31,32). The Hall–Kier alpha value is -3.56. The first-order valence-electron chi connectivity index (χ1n) is 12.3. The Morgan fingerprint density at radius 1 is 1.16 bits per heavy atom. The summed E-state index contributed by atoms with van der Waals surface area (Å²) in [5.74, 6) is 0.303. The van der Waals surface area contributed by atoms with Crippen molar-refractivity contribution in [2.75, 3.05) is 11.9 Å². The number of fused-ring (bicyclic) bond motifs is 1. The van der Waals surface area contributed by atoms with Crippen molar-refractivity contribution in [2.24, 2.45) is 0 Å². The number of carbonyl (C=O) groups is 1. The number of imidazole rings is 1. The maximum absolute atomic E-state index is 13.4. The lowest BCUT2D eigenvalue weighted by Gasteiger charge is -2.23. The number of anilines is 1. The summed E-state index contributed by atoms with van der Waals surface area (Å²) < 4.78 is 48.4. The average Bonchev–Trinajstić information content (AvgIpc) is 3.42. The molecule has 0 radical (unpaired) electrons. The smallest absolute Gasteiger partial charge is 0.416 e. The molecule has 7 nitrogen and oxygen atoms in total. The van der Waals surface area contributed by atoms with Crippen LogP contribution in [0.5, 0.6) is 0 Å². The van der Waals surface area contributed by atoms with Crippen molar-refractivity contribution in [1.82, 2.24) is 14.1 Å². The molecule has 198 valence electrons. The molecule has 3 aromatic rings. The Balaban J connectivity index is 1.54. The fourth-order valence-electron chi connectivity index (χ4n) is 4.44. The lowest BCUT2D eigenvalue weighted by Crippen LogP contribution is -2.31. The molecule has 0 saturated heterocycles. The van der Waals surface area contributed by atoms with Crippen molar-refractivity contribution < 1.29 is 22.7 Å². The summed E-state index contributed by atoms with van der Waals surface area (Å²) in [6.45, 7) is 6.40. The van der Waals surface area contributed by atoms with Gasteiger partial charge in [-0.05, 0) is 69.4 Å². The molecule has 2 aromatic heterocycles. The summed E-state index contributed by atoms with van der Waals surface area (Å²) >= 11 is 0. The number of benzene rings is 1. The summed E-state index contributed by atoms with van der Waals surface area (Å²) in [6, 6.07) is 7.82. The molecule has 10 heteroatoms. The van der Waals surface area contributed by atoms with E-state index in [0.717, 1.165) is 36.6 Å². The summed E-state index contributed by atoms with van der Waals surface area (Å²) in [4.78, 5) is 30.5. The van der Waals surface area contributed by atoms with Gasteiger partial charge in [0.15, 0.2) is 0 Å². The molecular weight excluding hydrogens is 485 g/mol. The Kier molecular flexibility index (Phi) is 7.47. The summed E-state index contributed by atoms with van der Waals surface area (Å²) in [5, 5.41) is 3.25. The number of rotatable bonds is 8. The predicted molar refractivity (Wildman–Crippen MR) is 133 cm³/mol. The number of hydrogen-bond donors (Lipinski definition) is 1. The highest BCUT2D eigenvalue weighted by Crippen LogP contribution is 2.32. The lowest BCUT2D eigenvalue weighted by atomic mass is 10.0. The maximum Gasteiger partial charge on any atom is 0.416 e. The van der Waals surface area contributed by atoms with Crippen LogP contribution >= 0.6 is 0 Å². The molecule has 0 bridgehead atoms. The third-order valence-corrected chi connectivity index (χ3v) is 6.14. The van der Waals surface area contributed by atoms with E-state index in [9.17, 15) is 22.8 Å². The van der Waals surface area contributed by atoms with Crippen LogP contribution in [0.4, 0.5) is 19.0 Å². The van der Waals surface area contributed by atoms with Crippen LogP contribution < -0.4 is 11.0 Å². The number of halogens is 3. The highest BCUT2D eigenvalue weighted by Gasteiger charge is 2.32. The molecule has 1 atom stereocenters. The van der Waals surface area contributed by atoms with Crippen LogP contribution in [0.1, 0.15) is 62.0 Å². The van der Waals surface area contributed by atoms with Crippen LogP contribution in [0.25, 0.3) is 0 Å². The lowest BCUT2D eigenvalue weighted by molar-refractivity contribution is -0.155. The van der Waals surface area contributed by atoms with Gasteiger partial charge in [-0.2, -0.15) is 13.2 Å². The van der Waals surface area contributed by atoms with Crippen molar-refractivity contribution in [3.05, 3.63) is 81.7 Å². The second-order valence-corrected chi connectivity index (χ2v) is 10.2. The van der Waals surface area contributed by atoms with Crippen molar-refractivity contribution in [3.8, 4) is 0 Å². The summed E-state index contributed by atoms with van der Waals surface area (Å²) in [6.07, 6.45) is 0.545. The van der Waals surface area contributed by atoms with Gasteiger partial charge in [-0.15, -0.1) is 0 Å². The fourth-order valence-corrected chi connectivity index (χ4v) is 4.44. The summed E-state index contributed by atoms with van der Waals surface area (Å²) in [5.41, 5.74) is 0.302. The fraction of sp³-hybridized carbons (Fsp3) is 0.444. The molecule has 37 heavy (non-hydrogen) atoms. The monoisotopic (exact) mass is 516 g/mol. The van der Waals surface area contributed by atoms with E-state index in [4.69, 9.17) is 4.74 Å². The number of ether oxygens (including phenoxy) is 1. The number of alkyl halides is 3. The summed E-state index contributed by atoms with van der Waals surface area (Å²) in [7, 11) is 0. The maximum atomic E-state index is 13.4. The van der Waals surface area contributed by atoms with Crippen LogP contribution in [-0.4, -0.2) is 32.2 Å². The van der Waals surface area contributed by atoms with E-state index in [2.05, 4.69) is 16.4 Å². The van der Waals surface area contributed by atoms with Gasteiger partial charge < -0.3 is 10.1 Å². The number of aromatic nitrogens is 3. The minimum atomic E-state index is -4.55. The van der Waals surface area contributed by atoms with Gasteiger partial charge in [-0.25, -0.2) is 9.78 Å². The Morgan fingerprint density at radius 2 is 1.95 bits per heavy atom. The zero-order valence-corrected chi connectivity index (χ0v) is 21.1. The van der Waals surface area contributed by atoms with E-state index >= 15 is 0 Å². The average molecular weight is 517 g/mol. The number of esters is 1. The van der Waals surface area contributed by atoms with Crippen LogP contribution in [-0.2, 0) is 35.1 Å². The number of aryl methyl sites for hydroxylation is 2. The molecule has 1 aromatic carbocycles. The van der Waals surface area contributed by atoms with Crippen LogP contribution in [0.3, 0.4) is 0 Å². The number of nitrogens with zero attached hydrogens (tertiary/aromatic N) is 3. The molecule has 3 heterocycles. The van der Waals surface area contributed by atoms with E-state index in [-0.39, 0.29) is 12.0 Å². The molecule has 0 saturated carbocycles. The minimum Gasteiger partial charge on any atom is -0.460 e. The predicted octanol–water partition coefficient (Wildman–Crippen LogP) is 4.99. The largest absolute Gasteiger partial charge is 0.460 e. The SMILES string of the molecule is CC(C)(C)OC(=O)CC(c1cccc(C(F)(F)F)c1)n1ccn(CCCc2ccc3c(n2)NCC3)c1=O. The minimum absolute atomic E-state index is 0.204. The van der Waals surface area contributed by atoms with Gasteiger partial charge in [0.2, 0.25) is 0 Å². The molecule has 1 aliphatic heterocycles. The Bertz CT molecular complexity index is 1320. The number of nitrogens with one attached hydrogen (secondary N) is 1. The van der Waals surface area contributed by atoms with Gasteiger partial charge in [0, 0.05) is 31.2 Å². The molecule has 0 fully saturated rings. The van der Waals surface area contributed by atoms with Crippen molar-refractivity contribution in [3.63, 3.8) is 0 Å². The normalized spacial score (nSPS) is 14.2. The second kappa shape index (κ2) is 10.4. The number of pyridine rings is 1. The first kappa shape index (κ1) is 26.5. The molecule has 1 unspecified atom stereocenters. The third-order valence-electron chi connectivity index (χ3n) is 6.14. The molecule has 0 spiro atoms. The zero-order chi connectivity index (χ0) is 26.8. The van der Waals surface area contributed by atoms with Gasteiger partial charge >= 0.3 is 17.8 Å². The van der Waals surface area contributed by atoms with E-state index in [1.807, 2.05) is 6.07 Å². The molecule has 0 aliphatic carbocycles. The molecule has 1 N–H and O–H groups in total. The molecule has 0 amide bonds. The van der Waals surface area contributed by atoms with Crippen LogP contribution in [0.2, 0.25) is 0 Å². The molecule has 4 rings (SSSR count). The number of hydrogen-bond acceptors (Lipinski definition) is 5. The zero-order valence-electron chi connectivity index (χ0n) is 21.1. The van der Waals surface area contributed by atoms with Gasteiger partial charge in [-0.1, -0.05) is 18.2 Å². The van der Waals surface area contributed by atoms with Gasteiger partial charge in [0.05, 0.1) is 18.0 Å². The molecular formula is C27H31F3N4O3. The topological polar surface area (TPSA) is 78.2 Å². The van der Waals surface area contributed by atoms with Crippen LogP contribution in [0.15, 0.2) is 53.6 Å². The van der Waals surface area contributed by atoms with Gasteiger partial charge in [0.1, 0.15) is 11.4 Å². The Morgan fingerprint density at radius 3 is 2.68 bits per heavy atom. The van der Waals surface area contributed by atoms with Crippen molar-refractivity contribution in [1.29, 1.82) is 0 Å². The van der Waals surface area contributed by atoms with Crippen molar-refractivity contribution in [2.45, 2.75) is 70.8 Å². The van der Waals surface area contributed by atoms with Gasteiger partial charge in [0.25, 0.3) is 0 Å². The van der Waals surface area contributed by atoms with Crippen molar-refractivity contribution >= 4 is 11.8 Å². The van der Waals surface area contributed by atoms with E-state index in [0.29, 0.717) is 19.4 Å². The van der Waals surface area contributed by atoms with Gasteiger partial charge in [-0.3, -0.25) is 13.9 Å².